The number of anilines is 1. The maximum absolute atomic E-state index is 12.8. The number of benzene rings is 1. The van der Waals surface area contributed by atoms with Crippen molar-refractivity contribution in [2.45, 2.75) is 18.7 Å². The Morgan fingerprint density at radius 2 is 1.91 bits per heavy atom. The van der Waals surface area contributed by atoms with E-state index in [2.05, 4.69) is 10.4 Å². The molecule has 1 heterocycles. The van der Waals surface area contributed by atoms with E-state index in [1.165, 1.54) is 17.9 Å². The summed E-state index contributed by atoms with van der Waals surface area (Å²) in [5.41, 5.74) is 1.18. The first kappa shape index (κ1) is 17.0. The Morgan fingerprint density at radius 3 is 2.48 bits per heavy atom. The summed E-state index contributed by atoms with van der Waals surface area (Å²) in [6.45, 7) is 4.12. The molecule has 1 amide bonds. The van der Waals surface area contributed by atoms with Crippen molar-refractivity contribution in [2.24, 2.45) is 7.05 Å². The molecule has 0 radical (unpaired) electrons. The third-order valence-corrected chi connectivity index (χ3v) is 5.23. The smallest absolute Gasteiger partial charge is 0.265 e. The van der Waals surface area contributed by atoms with Crippen molar-refractivity contribution in [3.8, 4) is 0 Å². The van der Waals surface area contributed by atoms with Crippen LogP contribution in [0.4, 0.5) is 5.82 Å². The van der Waals surface area contributed by atoms with Crippen LogP contribution in [-0.4, -0.2) is 37.7 Å². The van der Waals surface area contributed by atoms with Gasteiger partial charge in [0.2, 0.25) is 0 Å². The normalized spacial score (nSPS) is 11.3. The van der Waals surface area contributed by atoms with Gasteiger partial charge in [-0.3, -0.25) is 13.8 Å². The maximum Gasteiger partial charge on any atom is 0.265 e. The molecule has 2 aromatic rings. The first-order chi connectivity index (χ1) is 10.8. The number of hydrogen-bond acceptors (Lipinski definition) is 4. The average molecular weight is 336 g/mol. The van der Waals surface area contributed by atoms with Gasteiger partial charge >= 0.3 is 0 Å². The number of carbonyl (C=O) groups excluding carboxylic acids is 1. The Morgan fingerprint density at radius 1 is 1.30 bits per heavy atom. The van der Waals surface area contributed by atoms with Crippen molar-refractivity contribution < 1.29 is 13.2 Å². The summed E-state index contributed by atoms with van der Waals surface area (Å²) in [5, 5.41) is 6.67. The fourth-order valence-electron chi connectivity index (χ4n) is 2.20. The summed E-state index contributed by atoms with van der Waals surface area (Å²) in [4.78, 5) is 12.3. The Balaban J connectivity index is 2.48. The molecule has 0 bridgehead atoms. The molecule has 8 heteroatoms. The van der Waals surface area contributed by atoms with Crippen LogP contribution in [-0.2, 0) is 17.1 Å². The zero-order valence-corrected chi connectivity index (χ0v) is 14.4. The standard InChI is InChI=1S/C15H20N4O3S/c1-5-16-14(20)13-10-17-18(3)15(13)19(4)23(21,22)12-8-6-11(2)7-9-12/h6-10H,5H2,1-4H3,(H,16,20). The summed E-state index contributed by atoms with van der Waals surface area (Å²) in [6, 6.07) is 6.55. The number of hydrogen-bond donors (Lipinski definition) is 1. The third kappa shape index (κ3) is 3.21. The molecule has 0 aliphatic heterocycles. The monoisotopic (exact) mass is 336 g/mol. The van der Waals surface area contributed by atoms with Crippen molar-refractivity contribution in [1.29, 1.82) is 0 Å². The highest BCUT2D eigenvalue weighted by molar-refractivity contribution is 7.92. The van der Waals surface area contributed by atoms with Gasteiger partial charge in [-0.25, -0.2) is 8.42 Å². The number of amides is 1. The Bertz CT molecular complexity index is 810. The largest absolute Gasteiger partial charge is 0.352 e. The van der Waals surface area contributed by atoms with Gasteiger partial charge in [-0.2, -0.15) is 5.10 Å². The molecule has 23 heavy (non-hydrogen) atoms. The van der Waals surface area contributed by atoms with E-state index in [-0.39, 0.29) is 22.2 Å². The molecular weight excluding hydrogens is 316 g/mol. The second kappa shape index (κ2) is 6.41. The van der Waals surface area contributed by atoms with Crippen molar-refractivity contribution in [1.82, 2.24) is 15.1 Å². The van der Waals surface area contributed by atoms with Crippen LogP contribution in [0, 0.1) is 6.92 Å². The topological polar surface area (TPSA) is 84.3 Å². The molecule has 0 atom stereocenters. The maximum atomic E-state index is 12.8. The summed E-state index contributed by atoms with van der Waals surface area (Å²) >= 11 is 0. The van der Waals surface area contributed by atoms with Gasteiger partial charge in [-0.15, -0.1) is 0 Å². The predicted molar refractivity (Wildman–Crippen MR) is 88.0 cm³/mol. The van der Waals surface area contributed by atoms with Gasteiger partial charge in [0.1, 0.15) is 5.56 Å². The van der Waals surface area contributed by atoms with E-state index in [1.54, 1.807) is 38.2 Å². The van der Waals surface area contributed by atoms with Gasteiger partial charge < -0.3 is 5.32 Å². The van der Waals surface area contributed by atoms with Crippen molar-refractivity contribution in [3.63, 3.8) is 0 Å². The van der Waals surface area contributed by atoms with E-state index >= 15 is 0 Å². The highest BCUT2D eigenvalue weighted by Gasteiger charge is 2.28. The zero-order valence-electron chi connectivity index (χ0n) is 13.6. The second-order valence-corrected chi connectivity index (χ2v) is 7.12. The van der Waals surface area contributed by atoms with Crippen LogP contribution in [0.5, 0.6) is 0 Å². The second-order valence-electron chi connectivity index (χ2n) is 5.15. The molecule has 0 aliphatic carbocycles. The van der Waals surface area contributed by atoms with Gasteiger partial charge in [0, 0.05) is 20.6 Å². The third-order valence-electron chi connectivity index (χ3n) is 3.47. The number of sulfonamides is 1. The van der Waals surface area contributed by atoms with E-state index in [0.717, 1.165) is 9.87 Å². The molecule has 1 aromatic heterocycles. The van der Waals surface area contributed by atoms with Gasteiger partial charge in [0.15, 0.2) is 5.82 Å². The molecule has 0 saturated carbocycles. The summed E-state index contributed by atoms with van der Waals surface area (Å²) < 4.78 is 28.0. The summed E-state index contributed by atoms with van der Waals surface area (Å²) in [6.07, 6.45) is 1.36. The SMILES string of the molecule is CCNC(=O)c1cnn(C)c1N(C)S(=O)(=O)c1ccc(C)cc1. The minimum Gasteiger partial charge on any atom is -0.352 e. The lowest BCUT2D eigenvalue weighted by Gasteiger charge is -2.20. The van der Waals surface area contributed by atoms with Crippen LogP contribution < -0.4 is 9.62 Å². The lowest BCUT2D eigenvalue weighted by Crippen LogP contribution is -2.31. The number of aromatic nitrogens is 2. The zero-order chi connectivity index (χ0) is 17.2. The Hall–Kier alpha value is -2.35. The van der Waals surface area contributed by atoms with Crippen molar-refractivity contribution >= 4 is 21.7 Å². The van der Waals surface area contributed by atoms with Crippen LogP contribution in [0.2, 0.25) is 0 Å². The number of carbonyl (C=O) groups is 1. The molecule has 1 aromatic carbocycles. The molecule has 0 saturated heterocycles. The van der Waals surface area contributed by atoms with E-state index in [0.29, 0.717) is 6.54 Å². The van der Waals surface area contributed by atoms with E-state index < -0.39 is 10.0 Å². The van der Waals surface area contributed by atoms with Gasteiger partial charge in [-0.1, -0.05) is 17.7 Å². The summed E-state index contributed by atoms with van der Waals surface area (Å²) in [5.74, 6) is -0.141. The minimum atomic E-state index is -3.78. The molecule has 124 valence electrons. The van der Waals surface area contributed by atoms with E-state index in [4.69, 9.17) is 0 Å². The Labute approximate surface area is 136 Å². The predicted octanol–water partition coefficient (Wildman–Crippen LogP) is 1.30. The van der Waals surface area contributed by atoms with Crippen LogP contribution in [0.3, 0.4) is 0 Å². The van der Waals surface area contributed by atoms with E-state index in [1.807, 2.05) is 6.92 Å². The molecule has 0 spiro atoms. The number of rotatable bonds is 5. The van der Waals surface area contributed by atoms with Crippen LogP contribution in [0.15, 0.2) is 35.4 Å². The molecule has 1 N–H and O–H groups in total. The highest BCUT2D eigenvalue weighted by atomic mass is 32.2. The van der Waals surface area contributed by atoms with Crippen LogP contribution >= 0.6 is 0 Å². The molecule has 2 rings (SSSR count). The minimum absolute atomic E-state index is 0.161. The number of aryl methyl sites for hydroxylation is 2. The molecule has 7 nitrogen and oxygen atoms in total. The molecular formula is C15H20N4O3S. The molecule has 0 fully saturated rings. The molecule has 0 aliphatic rings. The van der Waals surface area contributed by atoms with Gasteiger partial charge in [-0.05, 0) is 26.0 Å². The number of nitrogens with one attached hydrogen (secondary N) is 1. The fourth-order valence-corrected chi connectivity index (χ4v) is 3.44. The Kier molecular flexibility index (Phi) is 4.74. The van der Waals surface area contributed by atoms with Gasteiger partial charge in [0.05, 0.1) is 11.1 Å². The van der Waals surface area contributed by atoms with Gasteiger partial charge in [0.25, 0.3) is 15.9 Å². The fraction of sp³-hybridized carbons (Fsp3) is 0.333. The first-order valence-corrected chi connectivity index (χ1v) is 8.58. The van der Waals surface area contributed by atoms with Crippen LogP contribution in [0.25, 0.3) is 0 Å². The lowest BCUT2D eigenvalue weighted by atomic mass is 10.2. The highest BCUT2D eigenvalue weighted by Crippen LogP contribution is 2.25. The summed E-state index contributed by atoms with van der Waals surface area (Å²) in [7, 11) is -0.772. The van der Waals surface area contributed by atoms with Crippen molar-refractivity contribution in [3.05, 3.63) is 41.6 Å². The lowest BCUT2D eigenvalue weighted by molar-refractivity contribution is 0.0956. The van der Waals surface area contributed by atoms with Crippen molar-refractivity contribution in [2.75, 3.05) is 17.9 Å². The van der Waals surface area contributed by atoms with Crippen LogP contribution in [0.1, 0.15) is 22.8 Å². The number of nitrogens with zero attached hydrogens (tertiary/aromatic N) is 3. The quantitative estimate of drug-likeness (QED) is 0.892. The molecule has 0 unspecified atom stereocenters. The van der Waals surface area contributed by atoms with E-state index in [9.17, 15) is 13.2 Å². The first-order valence-electron chi connectivity index (χ1n) is 7.14. The average Bonchev–Trinajstić information content (AvgIpc) is 2.89.